The van der Waals surface area contributed by atoms with Crippen molar-refractivity contribution in [2.24, 2.45) is 0 Å². The highest BCUT2D eigenvalue weighted by Crippen LogP contribution is 1.89. The maximum atomic E-state index is 11.5. The molecule has 0 radical (unpaired) electrons. The predicted molar refractivity (Wildman–Crippen MR) is 85.6 cm³/mol. The quantitative estimate of drug-likeness (QED) is 0.239. The van der Waals surface area contributed by atoms with Crippen LogP contribution in [0.2, 0.25) is 0 Å². The third-order valence-electron chi connectivity index (χ3n) is 2.85. The number of amides is 4. The molecular formula is C14H24N4O6. The van der Waals surface area contributed by atoms with Crippen molar-refractivity contribution in [3.8, 4) is 0 Å². The highest BCUT2D eigenvalue weighted by atomic mass is 16.4. The van der Waals surface area contributed by atoms with E-state index in [1.54, 1.807) is 0 Å². The molecule has 0 aromatic heterocycles. The first-order valence-electron chi connectivity index (χ1n) is 7.43. The minimum Gasteiger partial charge on any atom is -0.465 e. The van der Waals surface area contributed by atoms with Crippen LogP contribution in [0.25, 0.3) is 0 Å². The zero-order valence-electron chi connectivity index (χ0n) is 13.7. The lowest BCUT2D eigenvalue weighted by atomic mass is 10.2. The van der Waals surface area contributed by atoms with E-state index in [1.807, 2.05) is 22.8 Å². The summed E-state index contributed by atoms with van der Waals surface area (Å²) in [6.07, 6.45) is 2.26. The predicted octanol–water partition coefficient (Wildman–Crippen LogP) is -0.133. The summed E-state index contributed by atoms with van der Waals surface area (Å²) in [5.41, 5.74) is 0. The van der Waals surface area contributed by atoms with Gasteiger partial charge in [0.15, 0.2) is 0 Å². The number of carbonyl (C=O) groups is 4. The molecule has 0 heterocycles. The van der Waals surface area contributed by atoms with Crippen molar-refractivity contribution in [1.29, 1.82) is 0 Å². The van der Waals surface area contributed by atoms with Crippen LogP contribution in [0, 0.1) is 0 Å². The van der Waals surface area contributed by atoms with Gasteiger partial charge >= 0.3 is 12.2 Å². The van der Waals surface area contributed by atoms with Gasteiger partial charge in [0.05, 0.1) is 0 Å². The van der Waals surface area contributed by atoms with Crippen LogP contribution >= 0.6 is 0 Å². The van der Waals surface area contributed by atoms with Crippen molar-refractivity contribution < 1.29 is 29.4 Å². The Balaban J connectivity index is 3.73. The van der Waals surface area contributed by atoms with Crippen LogP contribution < -0.4 is 21.3 Å². The van der Waals surface area contributed by atoms with Gasteiger partial charge in [-0.25, -0.2) is 9.59 Å². The lowest BCUT2D eigenvalue weighted by molar-refractivity contribution is -0.123. The van der Waals surface area contributed by atoms with Gasteiger partial charge in [-0.2, -0.15) is 0 Å². The van der Waals surface area contributed by atoms with Gasteiger partial charge in [-0.05, 0) is 26.7 Å². The van der Waals surface area contributed by atoms with Crippen LogP contribution in [0.15, 0.2) is 12.2 Å². The highest BCUT2D eigenvalue weighted by Gasteiger charge is 2.14. The van der Waals surface area contributed by atoms with Crippen molar-refractivity contribution in [3.05, 3.63) is 12.2 Å². The molecule has 24 heavy (non-hydrogen) atoms. The van der Waals surface area contributed by atoms with Crippen LogP contribution in [-0.4, -0.2) is 59.4 Å². The minimum absolute atomic E-state index is 0.368. The number of carbonyl (C=O) groups excluding carboxylic acids is 2. The van der Waals surface area contributed by atoms with Crippen molar-refractivity contribution in [2.75, 3.05) is 13.1 Å². The lowest BCUT2D eigenvalue weighted by Gasteiger charge is -2.11. The molecule has 6 N–H and O–H groups in total. The first-order chi connectivity index (χ1) is 11.2. The number of hydrogen-bond acceptors (Lipinski definition) is 4. The molecule has 0 bridgehead atoms. The van der Waals surface area contributed by atoms with Crippen molar-refractivity contribution in [2.45, 2.75) is 38.8 Å². The van der Waals surface area contributed by atoms with E-state index in [0.717, 1.165) is 0 Å². The van der Waals surface area contributed by atoms with Gasteiger partial charge in [0.25, 0.3) is 0 Å². The van der Waals surface area contributed by atoms with Gasteiger partial charge in [-0.15, -0.1) is 0 Å². The van der Waals surface area contributed by atoms with Crippen molar-refractivity contribution >= 4 is 24.0 Å². The zero-order valence-corrected chi connectivity index (χ0v) is 13.7. The number of rotatable bonds is 10. The number of nitrogens with one attached hydrogen (secondary N) is 4. The summed E-state index contributed by atoms with van der Waals surface area (Å²) < 4.78 is 0. The molecule has 0 aromatic carbocycles. The molecule has 0 spiro atoms. The second-order valence-electron chi connectivity index (χ2n) is 4.97. The minimum atomic E-state index is -1.26. The van der Waals surface area contributed by atoms with E-state index in [0.29, 0.717) is 25.9 Å². The number of carboxylic acid groups (broad SMARTS) is 2. The van der Waals surface area contributed by atoms with Gasteiger partial charge in [-0.1, -0.05) is 12.2 Å². The van der Waals surface area contributed by atoms with Crippen molar-refractivity contribution in [1.82, 2.24) is 21.3 Å². The molecule has 0 aliphatic rings. The third kappa shape index (κ3) is 10.9. The molecule has 0 saturated heterocycles. The van der Waals surface area contributed by atoms with Gasteiger partial charge < -0.3 is 31.5 Å². The molecule has 4 amide bonds. The molecule has 10 heteroatoms. The van der Waals surface area contributed by atoms with Gasteiger partial charge in [0, 0.05) is 13.1 Å². The maximum Gasteiger partial charge on any atom is 0.405 e. The first-order valence-corrected chi connectivity index (χ1v) is 7.43. The number of hydrogen-bond donors (Lipinski definition) is 6. The van der Waals surface area contributed by atoms with E-state index in [9.17, 15) is 19.2 Å². The topological polar surface area (TPSA) is 157 Å². The molecule has 0 aromatic rings. The summed E-state index contributed by atoms with van der Waals surface area (Å²) in [4.78, 5) is 43.7. The molecule has 0 rings (SSSR count). The third-order valence-corrected chi connectivity index (χ3v) is 2.85. The Bertz CT molecular complexity index is 438. The average Bonchev–Trinajstić information content (AvgIpc) is 2.47. The second kappa shape index (κ2) is 11.7. The molecule has 0 fully saturated rings. The maximum absolute atomic E-state index is 11.5. The fourth-order valence-electron chi connectivity index (χ4n) is 1.60. The van der Waals surface area contributed by atoms with Crippen LogP contribution in [0.3, 0.4) is 0 Å². The van der Waals surface area contributed by atoms with Crippen LogP contribution in [-0.2, 0) is 9.59 Å². The molecule has 0 saturated carbocycles. The normalized spacial score (nSPS) is 12.9. The fourth-order valence-corrected chi connectivity index (χ4v) is 1.60. The summed E-state index contributed by atoms with van der Waals surface area (Å²) in [6, 6.07) is -1.63. The highest BCUT2D eigenvalue weighted by molar-refractivity contribution is 5.85. The molecule has 0 aliphatic heterocycles. The largest absolute Gasteiger partial charge is 0.465 e. The Kier molecular flexibility index (Phi) is 10.4. The van der Waals surface area contributed by atoms with E-state index >= 15 is 0 Å². The van der Waals surface area contributed by atoms with Gasteiger partial charge in [0.1, 0.15) is 12.1 Å². The van der Waals surface area contributed by atoms with Gasteiger partial charge in [-0.3, -0.25) is 9.59 Å². The molecule has 10 nitrogen and oxygen atoms in total. The SMILES string of the molecule is C[C@H](NC(=O)O)C(=O)NCCC=CCCNC(=O)[C@H](C)NC(=O)O. The van der Waals surface area contributed by atoms with E-state index in [2.05, 4.69) is 10.6 Å². The van der Waals surface area contributed by atoms with E-state index < -0.39 is 36.1 Å². The Labute approximate surface area is 139 Å². The van der Waals surface area contributed by atoms with E-state index in [1.165, 1.54) is 13.8 Å². The standard InChI is InChI=1S/C14H24N4O6/c1-9(17-13(21)22)11(19)15-7-5-3-4-6-8-16-12(20)10(2)18-14(23)24/h3-4,9-10,17-18H,5-8H2,1-2H3,(H,15,19)(H,16,20)(H,21,22)(H,23,24)/t9-,10-/m0/s1. The van der Waals surface area contributed by atoms with E-state index in [-0.39, 0.29) is 0 Å². The Morgan fingerprint density at radius 1 is 0.792 bits per heavy atom. The summed E-state index contributed by atoms with van der Waals surface area (Å²) in [7, 11) is 0. The van der Waals surface area contributed by atoms with E-state index in [4.69, 9.17) is 10.2 Å². The smallest absolute Gasteiger partial charge is 0.405 e. The fraction of sp³-hybridized carbons (Fsp3) is 0.571. The van der Waals surface area contributed by atoms with Gasteiger partial charge in [0.2, 0.25) is 11.8 Å². The molecule has 136 valence electrons. The summed E-state index contributed by atoms with van der Waals surface area (Å²) in [5.74, 6) is -0.809. The Hall–Kier alpha value is -2.78. The van der Waals surface area contributed by atoms with Crippen molar-refractivity contribution in [3.63, 3.8) is 0 Å². The zero-order chi connectivity index (χ0) is 18.5. The molecule has 0 unspecified atom stereocenters. The Morgan fingerprint density at radius 2 is 1.12 bits per heavy atom. The summed E-state index contributed by atoms with van der Waals surface area (Å²) in [5, 5.41) is 26.2. The summed E-state index contributed by atoms with van der Waals surface area (Å²) >= 11 is 0. The van der Waals surface area contributed by atoms with Crippen LogP contribution in [0.4, 0.5) is 9.59 Å². The van der Waals surface area contributed by atoms with Crippen LogP contribution in [0.5, 0.6) is 0 Å². The average molecular weight is 344 g/mol. The summed E-state index contributed by atoms with van der Waals surface area (Å²) in [6.45, 7) is 3.63. The monoisotopic (exact) mass is 344 g/mol. The molecular weight excluding hydrogens is 320 g/mol. The second-order valence-corrected chi connectivity index (χ2v) is 4.97. The molecule has 2 atom stereocenters. The van der Waals surface area contributed by atoms with Crippen LogP contribution in [0.1, 0.15) is 26.7 Å². The molecule has 0 aliphatic carbocycles. The Morgan fingerprint density at radius 3 is 1.42 bits per heavy atom. The lowest BCUT2D eigenvalue weighted by Crippen LogP contribution is -2.44. The first kappa shape index (κ1) is 21.2.